The average molecular weight is 474 g/mol. The monoisotopic (exact) mass is 473 g/mol. The number of morpholine rings is 1. The quantitative estimate of drug-likeness (QED) is 0.348. The molecular formula is C22H27N5O5S. The minimum Gasteiger partial charge on any atom is -0.493 e. The Morgan fingerprint density at radius 1 is 1.21 bits per heavy atom. The number of nitrogens with one attached hydrogen (secondary N) is 1. The zero-order valence-electron chi connectivity index (χ0n) is 18.7. The summed E-state index contributed by atoms with van der Waals surface area (Å²) in [5.74, 6) is 1.39. The first-order chi connectivity index (χ1) is 16.2. The summed E-state index contributed by atoms with van der Waals surface area (Å²) < 4.78 is 22.0. The van der Waals surface area contributed by atoms with Crippen LogP contribution in [0.25, 0.3) is 10.9 Å². The molecule has 1 aromatic carbocycles. The van der Waals surface area contributed by atoms with Gasteiger partial charge in [0.2, 0.25) is 0 Å². The normalized spacial score (nSPS) is 14.2. The highest BCUT2D eigenvalue weighted by Crippen LogP contribution is 2.35. The van der Waals surface area contributed by atoms with Crippen molar-refractivity contribution in [1.82, 2.24) is 19.9 Å². The van der Waals surface area contributed by atoms with Crippen LogP contribution in [0.15, 0.2) is 24.7 Å². The number of methoxy groups -OCH3 is 1. The molecule has 0 radical (unpaired) electrons. The molecule has 4 rings (SSSR count). The molecule has 176 valence electrons. The topological polar surface area (TPSA) is 108 Å². The van der Waals surface area contributed by atoms with Gasteiger partial charge in [-0.1, -0.05) is 11.3 Å². The summed E-state index contributed by atoms with van der Waals surface area (Å²) >= 11 is 1.20. The highest BCUT2D eigenvalue weighted by atomic mass is 32.1. The first-order valence-electron chi connectivity index (χ1n) is 10.8. The molecule has 0 bridgehead atoms. The Bertz CT molecular complexity index is 1090. The average Bonchev–Trinajstić information content (AvgIpc) is 3.31. The largest absolute Gasteiger partial charge is 0.493 e. The summed E-state index contributed by atoms with van der Waals surface area (Å²) in [6.07, 6.45) is 3.86. The van der Waals surface area contributed by atoms with E-state index in [1.807, 2.05) is 12.1 Å². The molecule has 2 aromatic heterocycles. The van der Waals surface area contributed by atoms with E-state index in [0.717, 1.165) is 44.7 Å². The molecule has 3 aromatic rings. The van der Waals surface area contributed by atoms with Gasteiger partial charge in [0.15, 0.2) is 16.6 Å². The molecule has 0 amide bonds. The third kappa shape index (κ3) is 5.86. The number of aromatic nitrogens is 3. The van der Waals surface area contributed by atoms with Gasteiger partial charge in [-0.3, -0.25) is 4.90 Å². The number of hydrogen-bond acceptors (Lipinski definition) is 11. The van der Waals surface area contributed by atoms with Crippen LogP contribution < -0.4 is 14.8 Å². The van der Waals surface area contributed by atoms with E-state index in [1.54, 1.807) is 14.0 Å². The standard InChI is InChI=1S/C22H27N5O5S/c1-3-31-21(28)19-13-23-22(33-19)26-20-15-11-17(29-2)18(12-16(15)24-14-25-20)32-8-4-5-27-6-9-30-10-7-27/h11-14H,3-10H2,1-2H3,(H,23,24,25,26). The van der Waals surface area contributed by atoms with Crippen molar-refractivity contribution >= 4 is 39.2 Å². The molecule has 1 aliphatic heterocycles. The lowest BCUT2D eigenvalue weighted by Crippen LogP contribution is -2.37. The Labute approximate surface area is 195 Å². The van der Waals surface area contributed by atoms with E-state index in [2.05, 4.69) is 25.2 Å². The lowest BCUT2D eigenvalue weighted by molar-refractivity contribution is 0.0357. The van der Waals surface area contributed by atoms with E-state index in [9.17, 15) is 4.79 Å². The van der Waals surface area contributed by atoms with E-state index < -0.39 is 5.97 Å². The van der Waals surface area contributed by atoms with Crippen LogP contribution in [0.4, 0.5) is 10.9 Å². The Morgan fingerprint density at radius 2 is 2.06 bits per heavy atom. The van der Waals surface area contributed by atoms with Gasteiger partial charge in [0.05, 0.1) is 45.3 Å². The second-order valence-corrected chi connectivity index (χ2v) is 8.30. The number of rotatable bonds is 10. The number of nitrogens with zero attached hydrogens (tertiary/aromatic N) is 4. The Morgan fingerprint density at radius 3 is 2.85 bits per heavy atom. The van der Waals surface area contributed by atoms with Gasteiger partial charge in [0.1, 0.15) is 17.0 Å². The molecule has 1 saturated heterocycles. The Kier molecular flexibility index (Phi) is 7.87. The van der Waals surface area contributed by atoms with E-state index in [1.165, 1.54) is 23.9 Å². The third-order valence-corrected chi connectivity index (χ3v) is 6.00. The summed E-state index contributed by atoms with van der Waals surface area (Å²) in [6, 6.07) is 3.69. The predicted molar refractivity (Wildman–Crippen MR) is 125 cm³/mol. The van der Waals surface area contributed by atoms with Crippen LogP contribution in [-0.2, 0) is 9.47 Å². The van der Waals surface area contributed by atoms with Crippen LogP contribution in [0.3, 0.4) is 0 Å². The van der Waals surface area contributed by atoms with Crippen molar-refractivity contribution in [2.24, 2.45) is 0 Å². The molecule has 10 nitrogen and oxygen atoms in total. The molecule has 0 atom stereocenters. The fraction of sp³-hybridized carbons (Fsp3) is 0.455. The zero-order valence-corrected chi connectivity index (χ0v) is 19.5. The molecule has 0 aliphatic carbocycles. The number of anilines is 2. The molecule has 0 saturated carbocycles. The SMILES string of the molecule is CCOC(=O)c1cnc(Nc2ncnc3cc(OCCCN4CCOCC4)c(OC)cc23)s1. The first kappa shape index (κ1) is 23.1. The third-order valence-electron chi connectivity index (χ3n) is 5.11. The number of ether oxygens (including phenoxy) is 4. The van der Waals surface area contributed by atoms with Crippen LogP contribution in [0, 0.1) is 0 Å². The molecule has 1 fully saturated rings. The molecular weight excluding hydrogens is 446 g/mol. The second-order valence-electron chi connectivity index (χ2n) is 7.27. The fourth-order valence-corrected chi connectivity index (χ4v) is 4.17. The number of hydrogen-bond donors (Lipinski definition) is 1. The molecule has 11 heteroatoms. The molecule has 3 heterocycles. The van der Waals surface area contributed by atoms with Gasteiger partial charge >= 0.3 is 5.97 Å². The van der Waals surface area contributed by atoms with Crippen molar-refractivity contribution in [3.8, 4) is 11.5 Å². The van der Waals surface area contributed by atoms with Crippen molar-refractivity contribution in [3.63, 3.8) is 0 Å². The van der Waals surface area contributed by atoms with Gasteiger partial charge in [-0.05, 0) is 19.4 Å². The number of benzene rings is 1. The van der Waals surface area contributed by atoms with Crippen molar-refractivity contribution in [2.75, 3.05) is 58.5 Å². The lowest BCUT2D eigenvalue weighted by Gasteiger charge is -2.26. The number of fused-ring (bicyclic) bond motifs is 1. The summed E-state index contributed by atoms with van der Waals surface area (Å²) in [5.41, 5.74) is 0.707. The maximum atomic E-state index is 11.9. The van der Waals surface area contributed by atoms with Crippen LogP contribution in [-0.4, -0.2) is 79.0 Å². The Balaban J connectivity index is 1.45. The van der Waals surface area contributed by atoms with Crippen LogP contribution >= 0.6 is 11.3 Å². The van der Waals surface area contributed by atoms with Crippen molar-refractivity contribution in [2.45, 2.75) is 13.3 Å². The maximum absolute atomic E-state index is 11.9. The van der Waals surface area contributed by atoms with Gasteiger partial charge in [0, 0.05) is 31.1 Å². The molecule has 33 heavy (non-hydrogen) atoms. The number of esters is 1. The van der Waals surface area contributed by atoms with Gasteiger partial charge in [-0.2, -0.15) is 0 Å². The predicted octanol–water partition coefficient (Wildman–Crippen LogP) is 3.12. The van der Waals surface area contributed by atoms with Crippen molar-refractivity contribution < 1.29 is 23.7 Å². The maximum Gasteiger partial charge on any atom is 0.350 e. The Hall–Kier alpha value is -3.02. The molecule has 0 spiro atoms. The summed E-state index contributed by atoms with van der Waals surface area (Å²) in [5, 5.41) is 4.44. The zero-order chi connectivity index (χ0) is 23.0. The van der Waals surface area contributed by atoms with Crippen molar-refractivity contribution in [3.05, 3.63) is 29.5 Å². The van der Waals surface area contributed by atoms with Crippen molar-refractivity contribution in [1.29, 1.82) is 0 Å². The number of carbonyl (C=O) groups excluding carboxylic acids is 1. The van der Waals surface area contributed by atoms with E-state index in [-0.39, 0.29) is 0 Å². The summed E-state index contributed by atoms with van der Waals surface area (Å²) in [7, 11) is 1.60. The van der Waals surface area contributed by atoms with E-state index >= 15 is 0 Å². The van der Waals surface area contributed by atoms with Gasteiger partial charge in [-0.15, -0.1) is 0 Å². The summed E-state index contributed by atoms with van der Waals surface area (Å²) in [6.45, 7) is 7.14. The van der Waals surface area contributed by atoms with Gasteiger partial charge in [-0.25, -0.2) is 19.7 Å². The first-order valence-corrected chi connectivity index (χ1v) is 11.6. The van der Waals surface area contributed by atoms with Crippen LogP contribution in [0.5, 0.6) is 11.5 Å². The van der Waals surface area contributed by atoms with Crippen LogP contribution in [0.2, 0.25) is 0 Å². The van der Waals surface area contributed by atoms with Crippen LogP contribution in [0.1, 0.15) is 23.0 Å². The number of carbonyl (C=O) groups is 1. The highest BCUT2D eigenvalue weighted by Gasteiger charge is 2.16. The minimum atomic E-state index is -0.396. The highest BCUT2D eigenvalue weighted by molar-refractivity contribution is 7.17. The van der Waals surface area contributed by atoms with E-state index in [4.69, 9.17) is 18.9 Å². The molecule has 0 unspecified atom stereocenters. The minimum absolute atomic E-state index is 0.313. The van der Waals surface area contributed by atoms with E-state index in [0.29, 0.717) is 46.1 Å². The molecule has 1 N–H and O–H groups in total. The van der Waals surface area contributed by atoms with Gasteiger partial charge in [0.25, 0.3) is 0 Å². The van der Waals surface area contributed by atoms with Gasteiger partial charge < -0.3 is 24.3 Å². The smallest absolute Gasteiger partial charge is 0.350 e. The second kappa shape index (κ2) is 11.2. The summed E-state index contributed by atoms with van der Waals surface area (Å²) in [4.78, 5) is 27.7. The molecule has 1 aliphatic rings. The number of thiazole rings is 1. The fourth-order valence-electron chi connectivity index (χ4n) is 3.46. The lowest BCUT2D eigenvalue weighted by atomic mass is 10.2.